The van der Waals surface area contributed by atoms with E-state index in [1.807, 2.05) is 0 Å². The molecule has 552 valence electrons. The van der Waals surface area contributed by atoms with Crippen molar-refractivity contribution in [1.29, 1.82) is 0 Å². The van der Waals surface area contributed by atoms with Gasteiger partial charge in [-0.15, -0.1) is 0 Å². The molecule has 0 heterocycles. The minimum atomic E-state index is -0.273. The minimum absolute atomic E-state index is 0.160. The first-order chi connectivity index (χ1) is 54.3. The molecule has 0 nitrogen and oxygen atoms in total. The second-order valence-corrected chi connectivity index (χ2v) is 31.1. The number of aryl methyl sites for hydroxylation is 12. The Morgan fingerprint density at radius 2 is 0.384 bits per heavy atom. The van der Waals surface area contributed by atoms with Crippen LogP contribution in [0.5, 0.6) is 0 Å². The average Bonchev–Trinajstić information content (AvgIpc) is 1.54. The fourth-order valence-electron chi connectivity index (χ4n) is 16.0. The van der Waals surface area contributed by atoms with Crippen LogP contribution in [0.1, 0.15) is 114 Å². The van der Waals surface area contributed by atoms with Crippen LogP contribution in [0.2, 0.25) is 0 Å². The van der Waals surface area contributed by atoms with Crippen LogP contribution in [0, 0.1) is 83.1 Å². The Morgan fingerprint density at radius 1 is 0.170 bits per heavy atom. The molecule has 17 aromatic rings. The van der Waals surface area contributed by atoms with Crippen molar-refractivity contribution in [3.63, 3.8) is 0 Å². The third-order valence-electron chi connectivity index (χ3n) is 22.5. The number of hydrogen-bond donors (Lipinski definition) is 0. The van der Waals surface area contributed by atoms with Crippen molar-refractivity contribution in [2.24, 2.45) is 0 Å². The zero-order chi connectivity index (χ0) is 78.5. The number of rotatable bonds is 5. The smallest absolute Gasteiger partial charge is 0.0622 e. The molecule has 2 aliphatic rings. The van der Waals surface area contributed by atoms with Gasteiger partial charge in [0.05, 0.1) is 5.41 Å². The Morgan fingerprint density at radius 3 is 0.670 bits per heavy atom. The van der Waals surface area contributed by atoms with Gasteiger partial charge in [0, 0.05) is 5.41 Å². The summed E-state index contributed by atoms with van der Waals surface area (Å²) in [6.45, 7) is 30.4. The van der Waals surface area contributed by atoms with Crippen molar-refractivity contribution in [2.75, 3.05) is 0 Å². The summed E-state index contributed by atoms with van der Waals surface area (Å²) < 4.78 is 0. The summed E-state index contributed by atoms with van der Waals surface area (Å²) >= 11 is 0. The van der Waals surface area contributed by atoms with Gasteiger partial charge >= 0.3 is 0 Å². The first kappa shape index (κ1) is 77.7. The summed E-state index contributed by atoms with van der Waals surface area (Å²) in [6.07, 6.45) is 0. The van der Waals surface area contributed by atoms with E-state index in [0.29, 0.717) is 0 Å². The normalized spacial score (nSPS) is 12.0. The lowest BCUT2D eigenvalue weighted by molar-refractivity contribution is 0.660. The van der Waals surface area contributed by atoms with Crippen LogP contribution in [-0.4, -0.2) is 0 Å². The van der Waals surface area contributed by atoms with E-state index in [2.05, 4.69) is 473 Å². The molecule has 19 rings (SSSR count). The van der Waals surface area contributed by atoms with Gasteiger partial charge in [-0.1, -0.05) is 434 Å². The maximum Gasteiger partial charge on any atom is 0.0713 e. The molecule has 2 aliphatic carbocycles. The van der Waals surface area contributed by atoms with Crippen LogP contribution < -0.4 is 0 Å². The van der Waals surface area contributed by atoms with Crippen LogP contribution in [0.3, 0.4) is 0 Å². The van der Waals surface area contributed by atoms with E-state index >= 15 is 0 Å². The molecule has 0 bridgehead atoms. The quantitative estimate of drug-likeness (QED) is 0.151. The largest absolute Gasteiger partial charge is 0.0713 e. The van der Waals surface area contributed by atoms with Crippen LogP contribution in [-0.2, 0) is 10.8 Å². The summed E-state index contributed by atoms with van der Waals surface area (Å²) in [5, 5.41) is 8.24. The van der Waals surface area contributed by atoms with Crippen molar-refractivity contribution in [2.45, 2.75) is 108 Å². The molecule has 0 saturated carbocycles. The molecule has 0 atom stereocenters. The summed E-state index contributed by atoms with van der Waals surface area (Å²) in [6, 6.07) is 135. The fourth-order valence-corrected chi connectivity index (χ4v) is 16.0. The Hall–Kier alpha value is -12.5. The average molecular weight is 1450 g/mol. The SMILES string of the molecule is CC1(C)c2ccccc2-c2ccccc21.Cc1c2ccccc2c(C)c2ccccc12.Cc1ccc(-c2ccc(-c3ccc(C)cc3)cc2)cc1.Cc1ccc(-c2ccc(C)cc2)cc1.Cc1ccc(C)c2ccccc12.Cc1ccc(C)cc1.Cc1ccc2c(c1)C(c1ccccc1)(c1ccccc1)c1cc(C)ccc1-2. The van der Waals surface area contributed by atoms with E-state index in [1.54, 1.807) is 0 Å². The lowest BCUT2D eigenvalue weighted by Crippen LogP contribution is -2.28. The minimum Gasteiger partial charge on any atom is -0.0622 e. The molecule has 17 aromatic carbocycles. The van der Waals surface area contributed by atoms with Crippen molar-refractivity contribution in [3.05, 3.63) is 476 Å². The van der Waals surface area contributed by atoms with Crippen molar-refractivity contribution < 1.29 is 0 Å². The molecule has 0 aliphatic heterocycles. The molecule has 0 radical (unpaired) electrons. The van der Waals surface area contributed by atoms with Crippen LogP contribution in [0.15, 0.2) is 376 Å². The van der Waals surface area contributed by atoms with E-state index < -0.39 is 0 Å². The van der Waals surface area contributed by atoms with Crippen molar-refractivity contribution in [3.8, 4) is 55.6 Å². The topological polar surface area (TPSA) is 0 Å². The molecule has 0 unspecified atom stereocenters. The maximum absolute atomic E-state index is 2.38. The number of hydrogen-bond acceptors (Lipinski definition) is 0. The summed E-state index contributed by atoms with van der Waals surface area (Å²) in [7, 11) is 0. The highest BCUT2D eigenvalue weighted by atomic mass is 14.5. The van der Waals surface area contributed by atoms with Crippen LogP contribution in [0.25, 0.3) is 88.0 Å². The zero-order valence-corrected chi connectivity index (χ0v) is 67.8. The van der Waals surface area contributed by atoms with E-state index in [1.165, 1.54) is 188 Å². The number of fused-ring (bicyclic) bond motifs is 9. The van der Waals surface area contributed by atoms with Gasteiger partial charge in [0.15, 0.2) is 0 Å². The summed E-state index contributed by atoms with van der Waals surface area (Å²) in [4.78, 5) is 0. The Balaban J connectivity index is 0.000000117. The Kier molecular flexibility index (Phi) is 24.3. The van der Waals surface area contributed by atoms with Crippen molar-refractivity contribution in [1.82, 2.24) is 0 Å². The molecule has 0 amide bonds. The Labute approximate surface area is 667 Å². The van der Waals surface area contributed by atoms with Crippen LogP contribution >= 0.6 is 0 Å². The van der Waals surface area contributed by atoms with E-state index in [4.69, 9.17) is 0 Å². The molecule has 0 heteroatoms. The first-order valence-corrected chi connectivity index (χ1v) is 39.5. The summed E-state index contributed by atoms with van der Waals surface area (Å²) in [5.41, 5.74) is 37.3. The summed E-state index contributed by atoms with van der Waals surface area (Å²) in [5.74, 6) is 0. The van der Waals surface area contributed by atoms with Gasteiger partial charge in [-0.3, -0.25) is 0 Å². The van der Waals surface area contributed by atoms with E-state index in [9.17, 15) is 0 Å². The molecular formula is C112H104. The lowest BCUT2D eigenvalue weighted by Gasteiger charge is -2.34. The van der Waals surface area contributed by atoms with Gasteiger partial charge < -0.3 is 0 Å². The molecule has 112 heavy (non-hydrogen) atoms. The molecule has 0 fully saturated rings. The highest BCUT2D eigenvalue weighted by Gasteiger charge is 2.46. The predicted octanol–water partition coefficient (Wildman–Crippen LogP) is 30.6. The third-order valence-corrected chi connectivity index (χ3v) is 22.5. The van der Waals surface area contributed by atoms with Gasteiger partial charge in [-0.25, -0.2) is 0 Å². The van der Waals surface area contributed by atoms with Gasteiger partial charge in [0.1, 0.15) is 0 Å². The molecule has 0 saturated heterocycles. The highest BCUT2D eigenvalue weighted by Crippen LogP contribution is 2.57. The van der Waals surface area contributed by atoms with E-state index in [0.717, 1.165) is 0 Å². The lowest BCUT2D eigenvalue weighted by atomic mass is 9.67. The molecular weight excluding hydrogens is 1350 g/mol. The number of benzene rings is 17. The fraction of sp³-hybridized carbons (Fsp3) is 0.143. The first-order valence-electron chi connectivity index (χ1n) is 39.5. The Bertz CT molecular complexity index is 5590. The van der Waals surface area contributed by atoms with Crippen LogP contribution in [0.4, 0.5) is 0 Å². The molecule has 0 N–H and O–H groups in total. The van der Waals surface area contributed by atoms with Gasteiger partial charge in [-0.2, -0.15) is 0 Å². The van der Waals surface area contributed by atoms with Gasteiger partial charge in [0.25, 0.3) is 0 Å². The standard InChI is InChI=1S/C27H22.C20H18.C16H14.C15H14.C14H14.C12H12.C8H10/c1-19-13-15-23-24-16-14-20(2)18-26(24)27(25(23)17-19,21-9-5-3-6-10-21)22-11-7-4-8-12-22;1-15-3-7-17(8-4-15)19-11-13-20(14-12-19)18-9-5-16(2)6-10-18;1-11-13-7-3-5-9-15(13)12(2)16-10-6-4-8-14(11)16;1-15(2)13-9-5-3-7-11(13)12-8-4-6-10-14(12)15;1-11-3-7-13(8-4-11)14-9-5-12(2)6-10-14;1-9-7-8-10(2)12-6-4-3-5-11(9)12;1-7-3-5-8(2)6-4-7/h3-18H,1-2H3;3-14H,1-2H3;3-10H,1-2H3;3-10H,1-2H3;3-10H,1-2H3;3-8H,1-2H3;3-6H,1-2H3. The van der Waals surface area contributed by atoms with Gasteiger partial charge in [-0.05, 0) is 227 Å². The van der Waals surface area contributed by atoms with Gasteiger partial charge in [0.2, 0.25) is 0 Å². The third kappa shape index (κ3) is 17.2. The second-order valence-electron chi connectivity index (χ2n) is 31.1. The maximum atomic E-state index is 2.38. The molecule has 0 aromatic heterocycles. The monoisotopic (exact) mass is 1450 g/mol. The second kappa shape index (κ2) is 35.0. The van der Waals surface area contributed by atoms with E-state index in [-0.39, 0.29) is 10.8 Å². The highest BCUT2D eigenvalue weighted by molar-refractivity contribution is 6.05. The predicted molar refractivity (Wildman–Crippen MR) is 486 cm³/mol. The zero-order valence-electron chi connectivity index (χ0n) is 67.8. The molecule has 0 spiro atoms. The van der Waals surface area contributed by atoms with Crippen molar-refractivity contribution >= 4 is 32.3 Å².